The number of carbonyl (C=O) groups is 1. The number of rotatable bonds is 5. The van der Waals surface area contributed by atoms with Crippen LogP contribution in [0.25, 0.3) is 22.3 Å². The van der Waals surface area contributed by atoms with Gasteiger partial charge in [-0.1, -0.05) is 30.7 Å². The first-order valence-electron chi connectivity index (χ1n) is 11.0. The van der Waals surface area contributed by atoms with Crippen molar-refractivity contribution in [3.8, 4) is 11.4 Å². The SMILES string of the molecule is O=C(CCc1nc2ccccc2c(=O)[nH]1)Nc1cccc(-c2nnc3n2CCCCC3)c1. The number of carbonyl (C=O) groups excluding carboxylic acids is 1. The molecule has 0 aliphatic carbocycles. The fraction of sp³-hybridized carbons (Fsp3) is 0.292. The molecule has 0 fully saturated rings. The smallest absolute Gasteiger partial charge is 0.258 e. The summed E-state index contributed by atoms with van der Waals surface area (Å²) in [5, 5.41) is 12.3. The molecule has 1 aliphatic heterocycles. The number of aromatic amines is 1. The van der Waals surface area contributed by atoms with Gasteiger partial charge < -0.3 is 14.9 Å². The van der Waals surface area contributed by atoms with Crippen molar-refractivity contribution < 1.29 is 4.79 Å². The Hall–Kier alpha value is -3.81. The van der Waals surface area contributed by atoms with Crippen molar-refractivity contribution in [2.24, 2.45) is 0 Å². The van der Waals surface area contributed by atoms with E-state index in [2.05, 4.69) is 30.0 Å². The summed E-state index contributed by atoms with van der Waals surface area (Å²) in [5.74, 6) is 2.24. The fourth-order valence-electron chi connectivity index (χ4n) is 4.14. The Morgan fingerprint density at radius 2 is 1.97 bits per heavy atom. The molecule has 32 heavy (non-hydrogen) atoms. The van der Waals surface area contributed by atoms with Crippen molar-refractivity contribution in [3.63, 3.8) is 0 Å². The summed E-state index contributed by atoms with van der Waals surface area (Å²) in [4.78, 5) is 32.0. The van der Waals surface area contributed by atoms with E-state index >= 15 is 0 Å². The molecule has 0 atom stereocenters. The largest absolute Gasteiger partial charge is 0.326 e. The van der Waals surface area contributed by atoms with Crippen LogP contribution in [0.3, 0.4) is 0 Å². The van der Waals surface area contributed by atoms with E-state index in [4.69, 9.17) is 0 Å². The Kier molecular flexibility index (Phi) is 5.49. The Balaban J connectivity index is 1.28. The second-order valence-electron chi connectivity index (χ2n) is 8.06. The van der Waals surface area contributed by atoms with E-state index < -0.39 is 0 Å². The Labute approximate surface area is 184 Å². The molecule has 0 saturated heterocycles. The third-order valence-corrected chi connectivity index (χ3v) is 5.76. The van der Waals surface area contributed by atoms with E-state index in [-0.39, 0.29) is 17.9 Å². The summed E-state index contributed by atoms with van der Waals surface area (Å²) in [6, 6.07) is 14.9. The minimum atomic E-state index is -0.189. The van der Waals surface area contributed by atoms with Crippen LogP contribution in [-0.2, 0) is 24.2 Å². The zero-order valence-corrected chi connectivity index (χ0v) is 17.7. The second-order valence-corrected chi connectivity index (χ2v) is 8.06. The molecule has 162 valence electrons. The van der Waals surface area contributed by atoms with Crippen LogP contribution in [-0.4, -0.2) is 30.6 Å². The van der Waals surface area contributed by atoms with Gasteiger partial charge in [0.15, 0.2) is 5.82 Å². The van der Waals surface area contributed by atoms with Crippen molar-refractivity contribution >= 4 is 22.5 Å². The highest BCUT2D eigenvalue weighted by Crippen LogP contribution is 2.25. The average molecular weight is 428 g/mol. The molecule has 1 aliphatic rings. The summed E-state index contributed by atoms with van der Waals surface area (Å²) in [5.41, 5.74) is 2.08. The van der Waals surface area contributed by atoms with Crippen molar-refractivity contribution in [1.82, 2.24) is 24.7 Å². The van der Waals surface area contributed by atoms with E-state index in [9.17, 15) is 9.59 Å². The standard InChI is InChI=1S/C24H24N6O2/c31-22(13-12-20-26-19-10-4-3-9-18(19)24(32)27-20)25-17-8-6-7-16(15-17)23-29-28-21-11-2-1-5-14-30(21)23/h3-4,6-10,15H,1-2,5,11-14H2,(H,25,31)(H,26,27,32). The van der Waals surface area contributed by atoms with Gasteiger partial charge in [-0.15, -0.1) is 10.2 Å². The molecule has 0 spiro atoms. The predicted molar refractivity (Wildman–Crippen MR) is 122 cm³/mol. The molecule has 3 heterocycles. The highest BCUT2D eigenvalue weighted by atomic mass is 16.1. The van der Waals surface area contributed by atoms with Crippen LogP contribution in [0.4, 0.5) is 5.69 Å². The Bertz CT molecular complexity index is 1340. The summed E-state index contributed by atoms with van der Waals surface area (Å²) in [7, 11) is 0. The minimum absolute atomic E-state index is 0.141. The topological polar surface area (TPSA) is 106 Å². The van der Waals surface area contributed by atoms with E-state index in [0.29, 0.717) is 28.8 Å². The Morgan fingerprint density at radius 1 is 1.06 bits per heavy atom. The van der Waals surface area contributed by atoms with E-state index in [0.717, 1.165) is 43.0 Å². The van der Waals surface area contributed by atoms with E-state index in [1.165, 1.54) is 6.42 Å². The van der Waals surface area contributed by atoms with Gasteiger partial charge in [0.05, 0.1) is 10.9 Å². The average Bonchev–Trinajstić information content (AvgIpc) is 3.06. The van der Waals surface area contributed by atoms with Gasteiger partial charge >= 0.3 is 0 Å². The molecular formula is C24H24N6O2. The zero-order valence-electron chi connectivity index (χ0n) is 17.7. The first-order valence-corrected chi connectivity index (χ1v) is 11.0. The van der Waals surface area contributed by atoms with Crippen molar-refractivity contribution in [3.05, 3.63) is 70.5 Å². The van der Waals surface area contributed by atoms with E-state index in [1.807, 2.05) is 30.3 Å². The predicted octanol–water partition coefficient (Wildman–Crippen LogP) is 3.48. The quantitative estimate of drug-likeness (QED) is 0.506. The van der Waals surface area contributed by atoms with Crippen LogP contribution < -0.4 is 10.9 Å². The molecular weight excluding hydrogens is 404 g/mol. The van der Waals surface area contributed by atoms with Crippen LogP contribution >= 0.6 is 0 Å². The third kappa shape index (κ3) is 4.16. The summed E-state index contributed by atoms with van der Waals surface area (Å²) in [6.07, 6.45) is 4.99. The number of aryl methyl sites for hydroxylation is 2. The first kappa shape index (κ1) is 20.1. The number of nitrogens with one attached hydrogen (secondary N) is 2. The molecule has 2 N–H and O–H groups in total. The molecule has 2 aromatic carbocycles. The molecule has 0 bridgehead atoms. The minimum Gasteiger partial charge on any atom is -0.326 e. The number of benzene rings is 2. The molecule has 0 radical (unpaired) electrons. The summed E-state index contributed by atoms with van der Waals surface area (Å²) in [6.45, 7) is 0.922. The Morgan fingerprint density at radius 3 is 2.91 bits per heavy atom. The number of amides is 1. The normalized spacial score (nSPS) is 13.5. The number of anilines is 1. The van der Waals surface area contributed by atoms with Crippen molar-refractivity contribution in [2.45, 2.75) is 45.1 Å². The monoisotopic (exact) mass is 428 g/mol. The molecule has 8 heteroatoms. The molecule has 5 rings (SSSR count). The van der Waals surface area contributed by atoms with Crippen LogP contribution in [0.2, 0.25) is 0 Å². The van der Waals surface area contributed by atoms with Gasteiger partial charge in [0, 0.05) is 37.1 Å². The number of nitrogens with zero attached hydrogens (tertiary/aromatic N) is 4. The van der Waals surface area contributed by atoms with Crippen LogP contribution in [0.1, 0.15) is 37.3 Å². The van der Waals surface area contributed by atoms with Gasteiger partial charge in [-0.3, -0.25) is 9.59 Å². The number of hydrogen-bond acceptors (Lipinski definition) is 5. The molecule has 0 saturated carbocycles. The number of fused-ring (bicyclic) bond motifs is 2. The highest BCUT2D eigenvalue weighted by molar-refractivity contribution is 5.91. The molecule has 1 amide bonds. The lowest BCUT2D eigenvalue weighted by Crippen LogP contribution is -2.16. The molecule has 0 unspecified atom stereocenters. The van der Waals surface area contributed by atoms with Gasteiger partial charge in [0.2, 0.25) is 5.91 Å². The van der Waals surface area contributed by atoms with Gasteiger partial charge in [-0.05, 0) is 37.1 Å². The van der Waals surface area contributed by atoms with Gasteiger partial charge in [-0.2, -0.15) is 0 Å². The maximum absolute atomic E-state index is 12.5. The second kappa shape index (κ2) is 8.74. The number of aromatic nitrogens is 5. The molecule has 4 aromatic rings. The lowest BCUT2D eigenvalue weighted by atomic mass is 10.1. The van der Waals surface area contributed by atoms with Gasteiger partial charge in [-0.25, -0.2) is 4.98 Å². The maximum atomic E-state index is 12.5. The van der Waals surface area contributed by atoms with E-state index in [1.54, 1.807) is 18.2 Å². The van der Waals surface area contributed by atoms with Crippen LogP contribution in [0, 0.1) is 0 Å². The number of H-pyrrole nitrogens is 1. The fourth-order valence-corrected chi connectivity index (χ4v) is 4.14. The lowest BCUT2D eigenvalue weighted by Gasteiger charge is -2.09. The van der Waals surface area contributed by atoms with Crippen molar-refractivity contribution in [1.29, 1.82) is 0 Å². The highest BCUT2D eigenvalue weighted by Gasteiger charge is 2.16. The maximum Gasteiger partial charge on any atom is 0.258 e. The van der Waals surface area contributed by atoms with Crippen LogP contribution in [0.15, 0.2) is 53.3 Å². The third-order valence-electron chi connectivity index (χ3n) is 5.76. The number of para-hydroxylation sites is 1. The van der Waals surface area contributed by atoms with Gasteiger partial charge in [0.25, 0.3) is 5.56 Å². The van der Waals surface area contributed by atoms with Gasteiger partial charge in [0.1, 0.15) is 11.6 Å². The summed E-state index contributed by atoms with van der Waals surface area (Å²) >= 11 is 0. The number of hydrogen-bond donors (Lipinski definition) is 2. The molecule has 2 aromatic heterocycles. The first-order chi connectivity index (χ1) is 15.7. The molecule has 8 nitrogen and oxygen atoms in total. The summed E-state index contributed by atoms with van der Waals surface area (Å²) < 4.78 is 2.19. The van der Waals surface area contributed by atoms with Crippen molar-refractivity contribution in [2.75, 3.05) is 5.32 Å². The van der Waals surface area contributed by atoms with Crippen LogP contribution in [0.5, 0.6) is 0 Å². The lowest BCUT2D eigenvalue weighted by molar-refractivity contribution is -0.116. The zero-order chi connectivity index (χ0) is 21.9.